The van der Waals surface area contributed by atoms with Crippen LogP contribution in [0.1, 0.15) is 30.4 Å². The van der Waals surface area contributed by atoms with Crippen molar-refractivity contribution in [2.45, 2.75) is 25.3 Å². The van der Waals surface area contributed by atoms with Crippen LogP contribution in [0.15, 0.2) is 48.5 Å². The summed E-state index contributed by atoms with van der Waals surface area (Å²) in [5, 5.41) is 4.90. The summed E-state index contributed by atoms with van der Waals surface area (Å²) in [5.41, 5.74) is 4.45. The number of nitrogens with zero attached hydrogens (tertiary/aromatic N) is 1. The zero-order valence-electron chi connectivity index (χ0n) is 19.8. The Balaban J connectivity index is 1.23. The lowest BCUT2D eigenvalue weighted by Gasteiger charge is -2.22. The lowest BCUT2D eigenvalue weighted by atomic mass is 9.98. The van der Waals surface area contributed by atoms with Gasteiger partial charge in [-0.15, -0.1) is 0 Å². The molecule has 2 atom stereocenters. The molecule has 9 heteroatoms. The number of ether oxygens (including phenoxy) is 2. The lowest BCUT2D eigenvalue weighted by Crippen LogP contribution is -2.47. The first kappa shape index (κ1) is 24.3. The van der Waals surface area contributed by atoms with Gasteiger partial charge in [-0.3, -0.25) is 9.59 Å². The highest BCUT2D eigenvalue weighted by Crippen LogP contribution is 2.44. The van der Waals surface area contributed by atoms with Gasteiger partial charge in [-0.2, -0.15) is 0 Å². The van der Waals surface area contributed by atoms with Gasteiger partial charge in [-0.1, -0.05) is 55.5 Å². The number of hydrogen-bond acceptors (Lipinski definition) is 6. The van der Waals surface area contributed by atoms with Crippen molar-refractivity contribution in [3.05, 3.63) is 59.7 Å². The molecule has 0 spiro atoms. The number of fused-ring (bicyclic) bond motifs is 3. The van der Waals surface area contributed by atoms with Crippen LogP contribution >= 0.6 is 0 Å². The molecule has 184 valence electrons. The average Bonchev–Trinajstić information content (AvgIpc) is 3.42. The zero-order chi connectivity index (χ0) is 24.9. The number of rotatable bonds is 7. The van der Waals surface area contributed by atoms with Crippen molar-refractivity contribution < 1.29 is 28.7 Å². The smallest absolute Gasteiger partial charge is 0.407 e. The summed E-state index contributed by atoms with van der Waals surface area (Å²) in [7, 11) is 1.28. The van der Waals surface area contributed by atoms with Crippen molar-refractivity contribution in [3.8, 4) is 11.1 Å². The van der Waals surface area contributed by atoms with Crippen LogP contribution in [0.2, 0.25) is 0 Å². The molecule has 1 aliphatic heterocycles. The predicted octanol–water partition coefficient (Wildman–Crippen LogP) is 2.05. The fourth-order valence-corrected chi connectivity index (χ4v) is 4.82. The highest BCUT2D eigenvalue weighted by atomic mass is 16.5. The van der Waals surface area contributed by atoms with E-state index >= 15 is 0 Å². The fourth-order valence-electron chi connectivity index (χ4n) is 4.82. The summed E-state index contributed by atoms with van der Waals surface area (Å²) in [6, 6.07) is 15.4. The third-order valence-corrected chi connectivity index (χ3v) is 6.48. The third kappa shape index (κ3) is 5.29. The Hall–Kier alpha value is -3.88. The summed E-state index contributed by atoms with van der Waals surface area (Å²) in [6.07, 6.45) is -0.192. The van der Waals surface area contributed by atoms with Crippen molar-refractivity contribution in [2.24, 2.45) is 5.92 Å². The summed E-state index contributed by atoms with van der Waals surface area (Å²) in [6.45, 7) is 1.90. The van der Waals surface area contributed by atoms with Gasteiger partial charge in [0, 0.05) is 12.5 Å². The zero-order valence-corrected chi connectivity index (χ0v) is 19.8. The van der Waals surface area contributed by atoms with Crippen LogP contribution in [-0.4, -0.2) is 68.2 Å². The molecule has 1 aliphatic carbocycles. The molecule has 2 aromatic carbocycles. The molecule has 1 saturated heterocycles. The maximum atomic E-state index is 12.5. The van der Waals surface area contributed by atoms with E-state index in [-0.39, 0.29) is 37.4 Å². The van der Waals surface area contributed by atoms with Crippen LogP contribution in [-0.2, 0) is 23.9 Å². The summed E-state index contributed by atoms with van der Waals surface area (Å²) in [4.78, 5) is 50.2. The van der Waals surface area contributed by atoms with Gasteiger partial charge in [0.15, 0.2) is 0 Å². The Morgan fingerprint density at radius 1 is 0.943 bits per heavy atom. The number of likely N-dealkylation sites (tertiary alicyclic amines) is 1. The number of nitrogens with one attached hydrogen (secondary N) is 2. The van der Waals surface area contributed by atoms with Gasteiger partial charge in [0.1, 0.15) is 19.2 Å². The predicted molar refractivity (Wildman–Crippen MR) is 127 cm³/mol. The minimum absolute atomic E-state index is 0.0785. The second-order valence-corrected chi connectivity index (χ2v) is 8.88. The highest BCUT2D eigenvalue weighted by Gasteiger charge is 2.38. The van der Waals surface area contributed by atoms with Crippen LogP contribution < -0.4 is 10.6 Å². The van der Waals surface area contributed by atoms with E-state index in [4.69, 9.17) is 9.47 Å². The van der Waals surface area contributed by atoms with E-state index in [0.29, 0.717) is 13.0 Å². The minimum Gasteiger partial charge on any atom is -0.467 e. The number of amides is 3. The van der Waals surface area contributed by atoms with Gasteiger partial charge in [0.2, 0.25) is 11.8 Å². The SMILES string of the molecule is COC(=O)[C@@H]1C[C@@H](C)CN1C(=O)CNC(=O)CNC(=O)OCC1c2ccccc2-c2ccccc21. The van der Waals surface area contributed by atoms with Crippen LogP contribution in [0.5, 0.6) is 0 Å². The van der Waals surface area contributed by atoms with Crippen molar-refractivity contribution in [1.82, 2.24) is 15.5 Å². The van der Waals surface area contributed by atoms with Crippen molar-refractivity contribution in [1.29, 1.82) is 0 Å². The molecule has 3 amide bonds. The van der Waals surface area contributed by atoms with Crippen molar-refractivity contribution in [3.63, 3.8) is 0 Å². The highest BCUT2D eigenvalue weighted by molar-refractivity contribution is 5.90. The maximum absolute atomic E-state index is 12.5. The molecule has 2 N–H and O–H groups in total. The van der Waals surface area contributed by atoms with E-state index in [1.54, 1.807) is 0 Å². The lowest BCUT2D eigenvalue weighted by molar-refractivity contribution is -0.150. The standard InChI is InChI=1S/C26H29N3O6/c1-16-11-22(25(32)34-2)29(14-16)24(31)13-27-23(30)12-28-26(33)35-15-21-19-9-5-3-7-17(19)18-8-4-6-10-20(18)21/h3-10,16,21-22H,11-15H2,1-2H3,(H,27,30)(H,28,33)/t16-,22+/m1/s1. The molecule has 2 aliphatic rings. The molecule has 1 fully saturated rings. The second kappa shape index (κ2) is 10.6. The summed E-state index contributed by atoms with van der Waals surface area (Å²) >= 11 is 0. The van der Waals surface area contributed by atoms with Crippen LogP contribution in [0, 0.1) is 5.92 Å². The topological polar surface area (TPSA) is 114 Å². The summed E-state index contributed by atoms with van der Waals surface area (Å²) < 4.78 is 10.2. The van der Waals surface area contributed by atoms with Crippen LogP contribution in [0.3, 0.4) is 0 Å². The molecule has 0 radical (unpaired) electrons. The Kier molecular flexibility index (Phi) is 7.33. The molecule has 0 unspecified atom stereocenters. The first-order chi connectivity index (χ1) is 16.9. The van der Waals surface area contributed by atoms with E-state index in [2.05, 4.69) is 22.8 Å². The maximum Gasteiger partial charge on any atom is 0.407 e. The van der Waals surface area contributed by atoms with Gasteiger partial charge < -0.3 is 25.0 Å². The van der Waals surface area contributed by atoms with E-state index in [9.17, 15) is 19.2 Å². The Labute approximate surface area is 203 Å². The van der Waals surface area contributed by atoms with Gasteiger partial charge in [0.25, 0.3) is 0 Å². The van der Waals surface area contributed by atoms with Gasteiger partial charge in [0.05, 0.1) is 13.7 Å². The minimum atomic E-state index is -0.715. The Morgan fingerprint density at radius 3 is 2.20 bits per heavy atom. The Bertz CT molecular complexity index is 1090. The van der Waals surface area contributed by atoms with Crippen molar-refractivity contribution >= 4 is 23.9 Å². The number of methoxy groups -OCH3 is 1. The molecule has 4 rings (SSSR count). The van der Waals surface area contributed by atoms with Crippen molar-refractivity contribution in [2.75, 3.05) is 33.4 Å². The van der Waals surface area contributed by atoms with Gasteiger partial charge in [-0.25, -0.2) is 9.59 Å². The number of hydrogen-bond donors (Lipinski definition) is 2. The molecule has 1 heterocycles. The fraction of sp³-hybridized carbons (Fsp3) is 0.385. The first-order valence-electron chi connectivity index (χ1n) is 11.6. The number of carbonyl (C=O) groups is 4. The van der Waals surface area contributed by atoms with E-state index in [1.165, 1.54) is 12.0 Å². The molecule has 2 aromatic rings. The molecular weight excluding hydrogens is 450 g/mol. The Morgan fingerprint density at radius 2 is 1.57 bits per heavy atom. The number of alkyl carbamates (subject to hydrolysis) is 1. The summed E-state index contributed by atoms with van der Waals surface area (Å²) in [5.74, 6) is -1.29. The first-order valence-corrected chi connectivity index (χ1v) is 11.6. The van der Waals surface area contributed by atoms with Gasteiger partial charge in [-0.05, 0) is 34.6 Å². The van der Waals surface area contributed by atoms with Crippen LogP contribution in [0.4, 0.5) is 4.79 Å². The third-order valence-electron chi connectivity index (χ3n) is 6.48. The number of esters is 1. The number of carbonyl (C=O) groups excluding carboxylic acids is 4. The van der Waals surface area contributed by atoms with E-state index in [1.807, 2.05) is 43.3 Å². The molecule has 35 heavy (non-hydrogen) atoms. The number of benzene rings is 2. The molecule has 0 saturated carbocycles. The largest absolute Gasteiger partial charge is 0.467 e. The monoisotopic (exact) mass is 479 g/mol. The van der Waals surface area contributed by atoms with Crippen LogP contribution in [0.25, 0.3) is 11.1 Å². The molecular formula is C26H29N3O6. The quantitative estimate of drug-likeness (QED) is 0.588. The van der Waals surface area contributed by atoms with E-state index < -0.39 is 24.0 Å². The van der Waals surface area contributed by atoms with E-state index in [0.717, 1.165) is 22.3 Å². The average molecular weight is 480 g/mol. The normalized spacial score (nSPS) is 18.4. The molecule has 0 aromatic heterocycles. The molecule has 0 bridgehead atoms. The second-order valence-electron chi connectivity index (χ2n) is 8.88. The van der Waals surface area contributed by atoms with Gasteiger partial charge >= 0.3 is 12.1 Å². The molecule has 9 nitrogen and oxygen atoms in total.